The van der Waals surface area contributed by atoms with Crippen molar-refractivity contribution in [3.63, 3.8) is 0 Å². The third-order valence-corrected chi connectivity index (χ3v) is 7.70. The number of halogens is 1. The lowest BCUT2D eigenvalue weighted by Crippen LogP contribution is -2.12. The van der Waals surface area contributed by atoms with Gasteiger partial charge in [0.2, 0.25) is 0 Å². The predicted octanol–water partition coefficient (Wildman–Crippen LogP) is 2.54. The zero-order valence-electron chi connectivity index (χ0n) is 5.46. The van der Waals surface area contributed by atoms with Gasteiger partial charge in [-0.15, -0.1) is 15.3 Å². The molecule has 0 heterocycles. The highest BCUT2D eigenvalue weighted by atomic mass is 79.9. The minimum atomic E-state index is -0.546. The Hall–Kier alpha value is 0.697. The second-order valence-corrected chi connectivity index (χ2v) is 10.1. The van der Waals surface area contributed by atoms with E-state index in [-0.39, 0.29) is 0 Å². The van der Waals surface area contributed by atoms with Gasteiger partial charge < -0.3 is 0 Å². The van der Waals surface area contributed by atoms with Gasteiger partial charge in [-0.25, -0.2) is 0 Å². The van der Waals surface area contributed by atoms with Crippen molar-refractivity contribution in [2.75, 3.05) is 0 Å². The van der Waals surface area contributed by atoms with Crippen molar-refractivity contribution < 1.29 is 0 Å². The molecule has 0 saturated heterocycles. The molecule has 0 bridgehead atoms. The van der Waals surface area contributed by atoms with Gasteiger partial charge in [0.15, 0.2) is 0 Å². The van der Waals surface area contributed by atoms with Crippen LogP contribution in [0, 0.1) is 0 Å². The Kier molecular flexibility index (Phi) is 2.54. The molecule has 0 saturated carbocycles. The maximum Gasteiger partial charge on any atom is 0.117 e. The zero-order valence-corrected chi connectivity index (χ0v) is 8.20. The summed E-state index contributed by atoms with van der Waals surface area (Å²) in [6.07, 6.45) is 0. The molecule has 0 rings (SSSR count). The first-order chi connectivity index (χ1) is 2.94. The van der Waals surface area contributed by atoms with E-state index in [1.165, 1.54) is 0 Å². The summed E-state index contributed by atoms with van der Waals surface area (Å²) in [4.78, 5) is 0. The molecule has 44 valence electrons. The first-order valence-corrected chi connectivity index (χ1v) is 7.50. The van der Waals surface area contributed by atoms with Gasteiger partial charge in [-0.3, -0.25) is 0 Å². The normalized spacial score (nSPS) is 16.7. The van der Waals surface area contributed by atoms with Crippen molar-refractivity contribution >= 4 is 22.7 Å². The van der Waals surface area contributed by atoms with Crippen LogP contribution in [0.5, 0.6) is 0 Å². The van der Waals surface area contributed by atoms with Crippen LogP contribution in [0.1, 0.15) is 20.8 Å². The van der Waals surface area contributed by atoms with Gasteiger partial charge in [0.1, 0.15) is 7.42 Å². The Morgan fingerprint density at radius 3 is 1.43 bits per heavy atom. The fraction of sp³-hybridized carbons (Fsp3) is 1.00. The summed E-state index contributed by atoms with van der Waals surface area (Å²) >= 11 is 3.63. The van der Waals surface area contributed by atoms with Crippen molar-refractivity contribution in [1.82, 2.24) is 0 Å². The third kappa shape index (κ3) is 3.29. The molecule has 0 aromatic carbocycles. The molecule has 1 unspecified atom stereocenters. The SMILES string of the molecule is C[SiH](Br)C(C)(C)C. The van der Waals surface area contributed by atoms with Gasteiger partial charge in [0.25, 0.3) is 0 Å². The smallest absolute Gasteiger partial charge is 0.117 e. The van der Waals surface area contributed by atoms with Gasteiger partial charge >= 0.3 is 0 Å². The van der Waals surface area contributed by atoms with Crippen molar-refractivity contribution in [2.24, 2.45) is 0 Å². The second kappa shape index (κ2) is 2.31. The summed E-state index contributed by atoms with van der Waals surface area (Å²) in [5.74, 6) is 0. The van der Waals surface area contributed by atoms with Crippen LogP contribution in [-0.4, -0.2) is 7.42 Å². The first kappa shape index (κ1) is 7.70. The average molecular weight is 181 g/mol. The van der Waals surface area contributed by atoms with E-state index in [1.54, 1.807) is 0 Å². The highest BCUT2D eigenvalue weighted by molar-refractivity contribution is 9.24. The highest BCUT2D eigenvalue weighted by Gasteiger charge is 2.17. The molecule has 0 fully saturated rings. The van der Waals surface area contributed by atoms with Crippen LogP contribution in [0.25, 0.3) is 0 Å². The lowest BCUT2D eigenvalue weighted by molar-refractivity contribution is 0.753. The zero-order chi connectivity index (χ0) is 6.08. The average Bonchev–Trinajstić information content (AvgIpc) is 1.31. The van der Waals surface area contributed by atoms with E-state index in [0.29, 0.717) is 5.04 Å². The molecule has 2 heteroatoms. The van der Waals surface area contributed by atoms with E-state index in [4.69, 9.17) is 0 Å². The van der Waals surface area contributed by atoms with Crippen LogP contribution in [0.3, 0.4) is 0 Å². The van der Waals surface area contributed by atoms with Crippen molar-refractivity contribution in [1.29, 1.82) is 0 Å². The van der Waals surface area contributed by atoms with Crippen LogP contribution >= 0.6 is 15.3 Å². The Morgan fingerprint density at radius 1 is 1.29 bits per heavy atom. The van der Waals surface area contributed by atoms with Crippen LogP contribution in [0.2, 0.25) is 11.6 Å². The predicted molar refractivity (Wildman–Crippen MR) is 41.7 cm³/mol. The standard InChI is InChI=1S/C5H13BrSi/c1-5(2,3)7(4)6/h7H,1-4H3. The van der Waals surface area contributed by atoms with Gasteiger partial charge in [-0.1, -0.05) is 27.3 Å². The summed E-state index contributed by atoms with van der Waals surface area (Å²) < 4.78 is 0. The van der Waals surface area contributed by atoms with E-state index in [1.807, 2.05) is 0 Å². The molecule has 1 atom stereocenters. The maximum atomic E-state index is 3.63. The molecule has 7 heavy (non-hydrogen) atoms. The summed E-state index contributed by atoms with van der Waals surface area (Å²) in [6, 6.07) is 0. The molecule has 0 spiro atoms. The molecule has 0 N–H and O–H groups in total. The molecule has 0 aromatic heterocycles. The van der Waals surface area contributed by atoms with Crippen LogP contribution < -0.4 is 0 Å². The van der Waals surface area contributed by atoms with E-state index in [0.717, 1.165) is 0 Å². The number of hydrogen-bond donors (Lipinski definition) is 0. The molecule has 0 amide bonds. The molecule has 0 aliphatic heterocycles. The largest absolute Gasteiger partial charge is 0.131 e. The highest BCUT2D eigenvalue weighted by Crippen LogP contribution is 2.29. The van der Waals surface area contributed by atoms with Crippen molar-refractivity contribution in [3.8, 4) is 0 Å². The topological polar surface area (TPSA) is 0 Å². The molecule has 0 radical (unpaired) electrons. The summed E-state index contributed by atoms with van der Waals surface area (Å²) in [5, 5.41) is 0.556. The summed E-state index contributed by atoms with van der Waals surface area (Å²) in [6.45, 7) is 9.13. The van der Waals surface area contributed by atoms with E-state index in [9.17, 15) is 0 Å². The number of rotatable bonds is 0. The van der Waals surface area contributed by atoms with Crippen molar-refractivity contribution in [2.45, 2.75) is 32.4 Å². The van der Waals surface area contributed by atoms with Gasteiger partial charge in [-0.05, 0) is 5.04 Å². The Morgan fingerprint density at radius 2 is 1.43 bits per heavy atom. The summed E-state index contributed by atoms with van der Waals surface area (Å²) in [5.41, 5.74) is 0. The summed E-state index contributed by atoms with van der Waals surface area (Å²) in [7, 11) is -0.546. The number of hydrogen-bond acceptors (Lipinski definition) is 0. The Balaban J connectivity index is 3.54. The second-order valence-electron chi connectivity index (χ2n) is 2.98. The lowest BCUT2D eigenvalue weighted by atomic mass is 10.3. The van der Waals surface area contributed by atoms with Crippen LogP contribution in [-0.2, 0) is 0 Å². The molecule has 0 aromatic rings. The molecular weight excluding hydrogens is 168 g/mol. The fourth-order valence-electron chi connectivity index (χ4n) is 0. The minimum absolute atomic E-state index is 0.546. The molecule has 0 nitrogen and oxygen atoms in total. The Labute approximate surface area is 55.5 Å². The van der Waals surface area contributed by atoms with Gasteiger partial charge in [0, 0.05) is 0 Å². The van der Waals surface area contributed by atoms with Gasteiger partial charge in [0.05, 0.1) is 0 Å². The minimum Gasteiger partial charge on any atom is -0.131 e. The fourth-order valence-corrected chi connectivity index (χ4v) is 0. The third-order valence-electron chi connectivity index (χ3n) is 1.19. The van der Waals surface area contributed by atoms with Gasteiger partial charge in [-0.2, -0.15) is 0 Å². The lowest BCUT2D eigenvalue weighted by Gasteiger charge is -2.19. The van der Waals surface area contributed by atoms with Crippen LogP contribution in [0.15, 0.2) is 0 Å². The Bertz CT molecular complexity index is 53.6. The molecule has 0 aliphatic rings. The quantitative estimate of drug-likeness (QED) is 0.398. The van der Waals surface area contributed by atoms with E-state index in [2.05, 4.69) is 42.6 Å². The molecule has 0 aliphatic carbocycles. The van der Waals surface area contributed by atoms with Crippen LogP contribution in [0.4, 0.5) is 0 Å². The first-order valence-electron chi connectivity index (χ1n) is 2.58. The molecular formula is C5H13BrSi. The van der Waals surface area contributed by atoms with E-state index >= 15 is 0 Å². The van der Waals surface area contributed by atoms with E-state index < -0.39 is 7.42 Å². The monoisotopic (exact) mass is 180 g/mol. The van der Waals surface area contributed by atoms with Crippen molar-refractivity contribution in [3.05, 3.63) is 0 Å². The maximum absolute atomic E-state index is 3.63.